The number of hydrogen-bond donors (Lipinski definition) is 2. The molecule has 0 fully saturated rings. The van der Waals surface area contributed by atoms with Gasteiger partial charge in [-0.05, 0) is 12.1 Å². The third-order valence-electron chi connectivity index (χ3n) is 2.40. The van der Waals surface area contributed by atoms with Gasteiger partial charge in [0.2, 0.25) is 10.0 Å². The Morgan fingerprint density at radius 2 is 1.95 bits per heavy atom. The zero-order valence-electron chi connectivity index (χ0n) is 11.3. The molecule has 0 aliphatic rings. The van der Waals surface area contributed by atoms with Crippen molar-refractivity contribution in [3.8, 4) is 6.07 Å². The molecular weight excluding hydrogens is 280 g/mol. The van der Waals surface area contributed by atoms with Crippen LogP contribution in [0.1, 0.15) is 5.56 Å². The minimum absolute atomic E-state index is 0.0433. The van der Waals surface area contributed by atoms with Crippen molar-refractivity contribution in [2.45, 2.75) is 4.90 Å². The topological polar surface area (TPSA) is 102 Å². The van der Waals surface area contributed by atoms with E-state index < -0.39 is 10.0 Å². The van der Waals surface area contributed by atoms with Gasteiger partial charge in [0.15, 0.2) is 0 Å². The molecule has 0 saturated heterocycles. The molecule has 2 N–H and O–H groups in total. The van der Waals surface area contributed by atoms with Crippen molar-refractivity contribution in [2.24, 2.45) is 0 Å². The molecule has 0 bridgehead atoms. The van der Waals surface area contributed by atoms with E-state index in [2.05, 4.69) is 10.0 Å². The summed E-state index contributed by atoms with van der Waals surface area (Å²) in [7, 11) is -0.587. The first-order chi connectivity index (χ1) is 9.38. The maximum atomic E-state index is 12.0. The first-order valence-corrected chi connectivity index (χ1v) is 7.30. The van der Waals surface area contributed by atoms with Crippen molar-refractivity contribution >= 4 is 16.1 Å². The third-order valence-corrected chi connectivity index (χ3v) is 3.92. The molecule has 0 radical (unpaired) electrons. The van der Waals surface area contributed by atoms with Crippen LogP contribution in [0.2, 0.25) is 0 Å². The van der Waals surface area contributed by atoms with Crippen molar-refractivity contribution in [3.63, 3.8) is 0 Å². The van der Waals surface area contributed by atoms with E-state index in [0.717, 1.165) is 0 Å². The molecule has 0 saturated carbocycles. The molecule has 0 spiro atoms. The smallest absolute Gasteiger partial charge is 0.316 e. The number of carbonyl (C=O) groups is 1. The highest BCUT2D eigenvalue weighted by Crippen LogP contribution is 2.13. The van der Waals surface area contributed by atoms with Crippen molar-refractivity contribution in [1.29, 1.82) is 5.26 Å². The number of carbonyl (C=O) groups excluding carboxylic acids is 1. The van der Waals surface area contributed by atoms with E-state index in [1.165, 1.54) is 17.0 Å². The van der Waals surface area contributed by atoms with Gasteiger partial charge in [-0.15, -0.1) is 0 Å². The molecule has 1 aromatic carbocycles. The fourth-order valence-corrected chi connectivity index (χ4v) is 2.57. The minimum Gasteiger partial charge on any atom is -0.337 e. The number of nitrogens with zero attached hydrogens (tertiary/aromatic N) is 2. The van der Waals surface area contributed by atoms with Crippen molar-refractivity contribution in [2.75, 3.05) is 27.2 Å². The molecule has 0 heterocycles. The van der Waals surface area contributed by atoms with Crippen molar-refractivity contribution in [1.82, 2.24) is 14.9 Å². The van der Waals surface area contributed by atoms with Crippen LogP contribution in [0.25, 0.3) is 0 Å². The number of hydrogen-bond acceptors (Lipinski definition) is 4. The summed E-state index contributed by atoms with van der Waals surface area (Å²) in [6.07, 6.45) is 0. The largest absolute Gasteiger partial charge is 0.337 e. The maximum Gasteiger partial charge on any atom is 0.316 e. The van der Waals surface area contributed by atoms with E-state index in [0.29, 0.717) is 0 Å². The van der Waals surface area contributed by atoms with Crippen LogP contribution in [0, 0.1) is 11.3 Å². The lowest BCUT2D eigenvalue weighted by molar-refractivity contribution is 0.217. The predicted octanol–water partition coefficient (Wildman–Crippen LogP) is 0.108. The van der Waals surface area contributed by atoms with Gasteiger partial charge in [-0.3, -0.25) is 0 Å². The van der Waals surface area contributed by atoms with Crippen LogP contribution in [-0.4, -0.2) is 46.5 Å². The Kier molecular flexibility index (Phi) is 5.49. The molecule has 0 aromatic heterocycles. The number of benzene rings is 1. The van der Waals surface area contributed by atoms with Gasteiger partial charge in [-0.2, -0.15) is 5.26 Å². The molecular formula is C12H16N4O3S. The minimum atomic E-state index is -3.76. The number of urea groups is 1. The molecule has 0 aliphatic heterocycles. The number of sulfonamides is 1. The summed E-state index contributed by atoms with van der Waals surface area (Å²) < 4.78 is 26.3. The molecule has 2 amide bonds. The Labute approximate surface area is 118 Å². The summed E-state index contributed by atoms with van der Waals surface area (Å²) >= 11 is 0. The lowest BCUT2D eigenvalue weighted by Gasteiger charge is -2.12. The summed E-state index contributed by atoms with van der Waals surface area (Å²) in [6.45, 7) is 0.201. The Bertz CT molecular complexity index is 620. The lowest BCUT2D eigenvalue weighted by atomic mass is 10.2. The Morgan fingerprint density at radius 1 is 1.30 bits per heavy atom. The van der Waals surface area contributed by atoms with Crippen LogP contribution in [0.3, 0.4) is 0 Å². The van der Waals surface area contributed by atoms with Crippen LogP contribution in [0.15, 0.2) is 29.2 Å². The molecule has 0 unspecified atom stereocenters. The van der Waals surface area contributed by atoms with Gasteiger partial charge in [-0.25, -0.2) is 17.9 Å². The van der Waals surface area contributed by atoms with E-state index in [4.69, 9.17) is 5.26 Å². The van der Waals surface area contributed by atoms with Gasteiger partial charge in [-0.1, -0.05) is 12.1 Å². The second kappa shape index (κ2) is 6.88. The van der Waals surface area contributed by atoms with Crippen molar-refractivity contribution < 1.29 is 13.2 Å². The maximum absolute atomic E-state index is 12.0. The number of nitrogens with one attached hydrogen (secondary N) is 2. The third kappa shape index (κ3) is 4.22. The molecule has 8 heteroatoms. The average Bonchev–Trinajstić information content (AvgIpc) is 2.43. The van der Waals surface area contributed by atoms with Crippen LogP contribution < -0.4 is 10.0 Å². The van der Waals surface area contributed by atoms with E-state index in [1.807, 2.05) is 6.07 Å². The zero-order valence-corrected chi connectivity index (χ0v) is 12.1. The molecule has 0 aliphatic carbocycles. The summed E-state index contributed by atoms with van der Waals surface area (Å²) in [5, 5.41) is 11.4. The van der Waals surface area contributed by atoms with E-state index in [1.54, 1.807) is 26.2 Å². The van der Waals surface area contributed by atoms with Gasteiger partial charge in [0.1, 0.15) is 6.07 Å². The summed E-state index contributed by atoms with van der Waals surface area (Å²) in [5.41, 5.74) is 0.0809. The first-order valence-electron chi connectivity index (χ1n) is 5.82. The first kappa shape index (κ1) is 15.9. The number of amides is 2. The average molecular weight is 296 g/mol. The fourth-order valence-electron chi connectivity index (χ4n) is 1.38. The predicted molar refractivity (Wildman–Crippen MR) is 73.4 cm³/mol. The quantitative estimate of drug-likeness (QED) is 0.753. The highest BCUT2D eigenvalue weighted by atomic mass is 32.2. The monoisotopic (exact) mass is 296 g/mol. The molecule has 1 aromatic rings. The molecule has 108 valence electrons. The molecule has 20 heavy (non-hydrogen) atoms. The summed E-state index contributed by atoms with van der Waals surface area (Å²) in [5.74, 6) is 0. The van der Waals surface area contributed by atoms with Gasteiger partial charge in [0.25, 0.3) is 0 Å². The van der Waals surface area contributed by atoms with E-state index in [-0.39, 0.29) is 29.6 Å². The number of rotatable bonds is 5. The van der Waals surface area contributed by atoms with Crippen LogP contribution in [0.5, 0.6) is 0 Å². The summed E-state index contributed by atoms with van der Waals surface area (Å²) in [4.78, 5) is 12.5. The molecule has 7 nitrogen and oxygen atoms in total. The zero-order chi connectivity index (χ0) is 15.2. The molecule has 0 atom stereocenters. The molecule has 1 rings (SSSR count). The normalized spacial score (nSPS) is 10.7. The highest BCUT2D eigenvalue weighted by Gasteiger charge is 2.17. The van der Waals surface area contributed by atoms with Gasteiger partial charge in [0.05, 0.1) is 10.5 Å². The number of nitriles is 1. The Morgan fingerprint density at radius 3 is 2.55 bits per heavy atom. The summed E-state index contributed by atoms with van der Waals surface area (Å²) in [6, 6.07) is 7.46. The lowest BCUT2D eigenvalue weighted by Crippen LogP contribution is -2.39. The van der Waals surface area contributed by atoms with Gasteiger partial charge < -0.3 is 10.2 Å². The second-order valence-electron chi connectivity index (χ2n) is 4.13. The highest BCUT2D eigenvalue weighted by molar-refractivity contribution is 7.89. The fraction of sp³-hybridized carbons (Fsp3) is 0.333. The second-order valence-corrected chi connectivity index (χ2v) is 5.87. The van der Waals surface area contributed by atoms with Crippen molar-refractivity contribution in [3.05, 3.63) is 29.8 Å². The SMILES string of the molecule is CN(C)C(=O)NCCNS(=O)(=O)c1ccccc1C#N. The van der Waals surface area contributed by atoms with E-state index in [9.17, 15) is 13.2 Å². The Hall–Kier alpha value is -2.11. The Balaban J connectivity index is 2.63. The van der Waals surface area contributed by atoms with Crippen LogP contribution in [0.4, 0.5) is 4.79 Å². The van der Waals surface area contributed by atoms with E-state index >= 15 is 0 Å². The van der Waals surface area contributed by atoms with Gasteiger partial charge in [0, 0.05) is 27.2 Å². The van der Waals surface area contributed by atoms with Crippen LogP contribution in [-0.2, 0) is 10.0 Å². The van der Waals surface area contributed by atoms with Gasteiger partial charge >= 0.3 is 6.03 Å². The van der Waals surface area contributed by atoms with Crippen LogP contribution >= 0.6 is 0 Å². The standard InChI is InChI=1S/C12H16N4O3S/c1-16(2)12(17)14-7-8-15-20(18,19)11-6-4-3-5-10(11)9-13/h3-6,15H,7-8H2,1-2H3,(H,14,17).